The van der Waals surface area contributed by atoms with E-state index in [9.17, 15) is 4.79 Å². The molecule has 26 heavy (non-hydrogen) atoms. The van der Waals surface area contributed by atoms with Gasteiger partial charge in [-0.1, -0.05) is 0 Å². The second-order valence-corrected chi connectivity index (χ2v) is 7.94. The molecule has 0 bridgehead atoms. The smallest absolute Gasteiger partial charge is 0.410 e. The van der Waals surface area contributed by atoms with Crippen molar-refractivity contribution in [2.45, 2.75) is 58.7 Å². The van der Waals surface area contributed by atoms with Gasteiger partial charge >= 0.3 is 6.09 Å². The van der Waals surface area contributed by atoms with Crippen molar-refractivity contribution in [3.63, 3.8) is 0 Å². The number of guanidine groups is 1. The highest BCUT2D eigenvalue weighted by Gasteiger charge is 2.34. The fourth-order valence-electron chi connectivity index (χ4n) is 2.32. The van der Waals surface area contributed by atoms with E-state index < -0.39 is 5.60 Å². The summed E-state index contributed by atoms with van der Waals surface area (Å²) in [6, 6.07) is 2.40. The molecule has 0 atom stereocenters. The lowest BCUT2D eigenvalue weighted by Crippen LogP contribution is -2.45. The van der Waals surface area contributed by atoms with E-state index >= 15 is 0 Å². The Hall–Kier alpha value is -1.03. The zero-order valence-electron chi connectivity index (χ0n) is 16.1. The molecule has 2 rings (SSSR count). The molecule has 6 nitrogen and oxygen atoms in total. The van der Waals surface area contributed by atoms with Gasteiger partial charge < -0.3 is 20.3 Å². The molecular weight excluding hydrogens is 463 g/mol. The average molecular weight is 494 g/mol. The lowest BCUT2D eigenvalue weighted by atomic mass is 10.2. The molecular formula is C18H31IN4O2S. The summed E-state index contributed by atoms with van der Waals surface area (Å²) < 4.78 is 5.52. The van der Waals surface area contributed by atoms with Crippen LogP contribution in [0.4, 0.5) is 4.79 Å². The molecule has 1 aromatic rings. The van der Waals surface area contributed by atoms with Crippen LogP contribution in [-0.4, -0.2) is 48.2 Å². The quantitative estimate of drug-likeness (QED) is 0.344. The van der Waals surface area contributed by atoms with Crippen LogP contribution in [0.25, 0.3) is 0 Å². The normalized spacial score (nSPS) is 14.4. The topological polar surface area (TPSA) is 66.0 Å². The summed E-state index contributed by atoms with van der Waals surface area (Å²) in [5.41, 5.74) is 0.741. The highest BCUT2D eigenvalue weighted by Crippen LogP contribution is 2.28. The Morgan fingerprint density at radius 1 is 1.38 bits per heavy atom. The highest BCUT2D eigenvalue weighted by molar-refractivity contribution is 14.0. The SMILES string of the molecule is CCNC(=NCc1ccsc1)NCCN(C(=O)OC(C)(C)C)C1CC1.I. The van der Waals surface area contributed by atoms with Gasteiger partial charge in [-0.25, -0.2) is 9.79 Å². The Morgan fingerprint density at radius 3 is 2.65 bits per heavy atom. The second kappa shape index (κ2) is 11.0. The minimum atomic E-state index is -0.464. The van der Waals surface area contributed by atoms with Crippen LogP contribution in [0, 0.1) is 0 Å². The largest absolute Gasteiger partial charge is 0.444 e. The number of nitrogens with one attached hydrogen (secondary N) is 2. The van der Waals surface area contributed by atoms with Crippen LogP contribution >= 0.6 is 35.3 Å². The van der Waals surface area contributed by atoms with E-state index in [0.29, 0.717) is 25.7 Å². The van der Waals surface area contributed by atoms with Gasteiger partial charge in [0.1, 0.15) is 5.60 Å². The number of halogens is 1. The lowest BCUT2D eigenvalue weighted by molar-refractivity contribution is 0.0238. The van der Waals surface area contributed by atoms with Gasteiger partial charge in [0.05, 0.1) is 6.54 Å². The summed E-state index contributed by atoms with van der Waals surface area (Å²) in [6.07, 6.45) is 1.90. The molecule has 2 N–H and O–H groups in total. The number of nitrogens with zero attached hydrogens (tertiary/aromatic N) is 2. The third kappa shape index (κ3) is 8.57. The van der Waals surface area contributed by atoms with Crippen molar-refractivity contribution in [3.05, 3.63) is 22.4 Å². The number of rotatable bonds is 7. The van der Waals surface area contributed by atoms with E-state index in [-0.39, 0.29) is 30.1 Å². The zero-order chi connectivity index (χ0) is 18.3. The monoisotopic (exact) mass is 494 g/mol. The van der Waals surface area contributed by atoms with Gasteiger partial charge in [0.15, 0.2) is 5.96 Å². The number of ether oxygens (including phenoxy) is 1. The van der Waals surface area contributed by atoms with Crippen LogP contribution in [0.3, 0.4) is 0 Å². The summed E-state index contributed by atoms with van der Waals surface area (Å²) in [5, 5.41) is 10.7. The molecule has 1 aliphatic rings. The third-order valence-electron chi connectivity index (χ3n) is 3.60. The lowest BCUT2D eigenvalue weighted by Gasteiger charge is -2.27. The van der Waals surface area contributed by atoms with Crippen LogP contribution in [0.1, 0.15) is 46.1 Å². The predicted molar refractivity (Wildman–Crippen MR) is 119 cm³/mol. The van der Waals surface area contributed by atoms with Crippen molar-refractivity contribution in [2.75, 3.05) is 19.6 Å². The van der Waals surface area contributed by atoms with E-state index in [2.05, 4.69) is 32.5 Å². The molecule has 1 amide bonds. The van der Waals surface area contributed by atoms with Crippen molar-refractivity contribution in [2.24, 2.45) is 4.99 Å². The minimum Gasteiger partial charge on any atom is -0.444 e. The standard InChI is InChI=1S/C18H30N4O2S.HI/c1-5-19-16(21-12-14-8-11-25-13-14)20-9-10-22(15-6-7-15)17(23)24-18(2,3)4;/h8,11,13,15H,5-7,9-10,12H2,1-4H3,(H2,19,20,21);1H. The van der Waals surface area contributed by atoms with Gasteiger partial charge in [0.25, 0.3) is 0 Å². The Morgan fingerprint density at radius 2 is 2.12 bits per heavy atom. The molecule has 0 spiro atoms. The van der Waals surface area contributed by atoms with Gasteiger partial charge in [-0.15, -0.1) is 24.0 Å². The Kier molecular flexibility index (Phi) is 9.70. The summed E-state index contributed by atoms with van der Waals surface area (Å²) in [4.78, 5) is 18.8. The number of hydrogen-bond donors (Lipinski definition) is 2. The van der Waals surface area contributed by atoms with E-state index in [0.717, 1.165) is 25.3 Å². The van der Waals surface area contributed by atoms with Crippen LogP contribution in [0.15, 0.2) is 21.8 Å². The van der Waals surface area contributed by atoms with Gasteiger partial charge in [0.2, 0.25) is 0 Å². The van der Waals surface area contributed by atoms with Gasteiger partial charge in [0, 0.05) is 25.7 Å². The molecule has 0 aromatic carbocycles. The van der Waals surface area contributed by atoms with Crippen LogP contribution < -0.4 is 10.6 Å². The Labute approximate surface area is 177 Å². The Bertz CT molecular complexity index is 568. The van der Waals surface area contributed by atoms with E-state index in [1.165, 1.54) is 5.56 Å². The summed E-state index contributed by atoms with van der Waals surface area (Å²) in [6.45, 7) is 10.4. The van der Waals surface area contributed by atoms with Crippen molar-refractivity contribution in [1.29, 1.82) is 0 Å². The molecule has 0 saturated heterocycles. The maximum absolute atomic E-state index is 12.4. The number of thiophene rings is 1. The molecule has 0 radical (unpaired) electrons. The maximum atomic E-state index is 12.4. The first-order chi connectivity index (χ1) is 11.9. The number of hydrogen-bond acceptors (Lipinski definition) is 4. The number of carbonyl (C=O) groups excluding carboxylic acids is 1. The average Bonchev–Trinajstić information content (AvgIpc) is 3.22. The molecule has 148 valence electrons. The molecule has 1 heterocycles. The van der Waals surface area contributed by atoms with E-state index in [1.807, 2.05) is 32.6 Å². The van der Waals surface area contributed by atoms with Crippen LogP contribution in [0.5, 0.6) is 0 Å². The van der Waals surface area contributed by atoms with Crippen molar-refractivity contribution in [3.8, 4) is 0 Å². The maximum Gasteiger partial charge on any atom is 0.410 e. The first-order valence-electron chi connectivity index (χ1n) is 8.92. The molecule has 8 heteroatoms. The second-order valence-electron chi connectivity index (χ2n) is 7.16. The van der Waals surface area contributed by atoms with E-state index in [4.69, 9.17) is 4.74 Å². The molecule has 0 aliphatic heterocycles. The first kappa shape index (κ1) is 23.0. The van der Waals surface area contributed by atoms with Gasteiger partial charge in [-0.3, -0.25) is 0 Å². The van der Waals surface area contributed by atoms with Crippen molar-refractivity contribution < 1.29 is 9.53 Å². The summed E-state index contributed by atoms with van der Waals surface area (Å²) >= 11 is 1.68. The van der Waals surface area contributed by atoms with Crippen LogP contribution in [0.2, 0.25) is 0 Å². The fourth-order valence-corrected chi connectivity index (χ4v) is 2.98. The first-order valence-corrected chi connectivity index (χ1v) is 9.86. The van der Waals surface area contributed by atoms with Gasteiger partial charge in [-0.05, 0) is 62.9 Å². The summed E-state index contributed by atoms with van der Waals surface area (Å²) in [7, 11) is 0. The number of carbonyl (C=O) groups is 1. The highest BCUT2D eigenvalue weighted by atomic mass is 127. The number of amides is 1. The molecule has 0 unspecified atom stereocenters. The Balaban J connectivity index is 0.00000338. The summed E-state index contributed by atoms with van der Waals surface area (Å²) in [5.74, 6) is 0.772. The van der Waals surface area contributed by atoms with Crippen molar-refractivity contribution >= 4 is 47.4 Å². The van der Waals surface area contributed by atoms with Gasteiger partial charge in [-0.2, -0.15) is 11.3 Å². The fraction of sp³-hybridized carbons (Fsp3) is 0.667. The van der Waals surface area contributed by atoms with E-state index in [1.54, 1.807) is 11.3 Å². The predicted octanol–water partition coefficient (Wildman–Crippen LogP) is 3.82. The third-order valence-corrected chi connectivity index (χ3v) is 4.34. The number of aliphatic imine (C=N–C) groups is 1. The van der Waals surface area contributed by atoms with Crippen LogP contribution in [-0.2, 0) is 11.3 Å². The minimum absolute atomic E-state index is 0. The molecule has 1 saturated carbocycles. The molecule has 1 aliphatic carbocycles. The molecule has 1 fully saturated rings. The zero-order valence-corrected chi connectivity index (χ0v) is 19.2. The van der Waals surface area contributed by atoms with Crippen molar-refractivity contribution in [1.82, 2.24) is 15.5 Å². The molecule has 1 aromatic heterocycles.